The van der Waals surface area contributed by atoms with Crippen molar-refractivity contribution in [3.63, 3.8) is 0 Å². The number of likely N-dealkylation sites (tertiary alicyclic amines) is 1. The number of hydrogen-bond donors (Lipinski definition) is 2. The zero-order chi connectivity index (χ0) is 19.9. The zero-order valence-corrected chi connectivity index (χ0v) is 15.6. The Hall–Kier alpha value is -3.32. The minimum atomic E-state index is -0.544. The molecule has 2 N–H and O–H groups in total. The average Bonchev–Trinajstić information content (AvgIpc) is 3.16. The summed E-state index contributed by atoms with van der Waals surface area (Å²) >= 11 is 0. The maximum Gasteiger partial charge on any atom is 0.254 e. The summed E-state index contributed by atoms with van der Waals surface area (Å²) in [7, 11) is 1.45. The molecular weight excluding hydrogens is 356 g/mol. The second-order valence-electron chi connectivity index (χ2n) is 6.32. The van der Waals surface area contributed by atoms with Gasteiger partial charge in [-0.25, -0.2) is 4.99 Å². The number of benzene rings is 2. The quantitative estimate of drug-likeness (QED) is 0.475. The lowest BCUT2D eigenvalue weighted by molar-refractivity contribution is 0.0773. The van der Waals surface area contributed by atoms with E-state index in [0.717, 1.165) is 11.1 Å². The standard InChI is InChI=1S/C21H22N4O3/c1-28-24-18-13-19(20(22)23-11-12-26)25(14-18)21(27)17-9-7-16(8-10-17)15-5-3-2-4-6-15/h2-11,19,22,26H,12-14H2,1H3/b22-20?,23-11?,24-18-. The van der Waals surface area contributed by atoms with Crippen molar-refractivity contribution >= 4 is 23.7 Å². The minimum Gasteiger partial charge on any atom is -0.399 e. The summed E-state index contributed by atoms with van der Waals surface area (Å²) in [5.74, 6) is -0.195. The highest BCUT2D eigenvalue weighted by molar-refractivity contribution is 6.07. The molecule has 0 aromatic heterocycles. The highest BCUT2D eigenvalue weighted by atomic mass is 16.6. The number of rotatable bonds is 5. The van der Waals surface area contributed by atoms with Gasteiger partial charge in [-0.2, -0.15) is 0 Å². The van der Waals surface area contributed by atoms with Crippen LogP contribution in [0.1, 0.15) is 16.8 Å². The molecule has 1 saturated heterocycles. The summed E-state index contributed by atoms with van der Waals surface area (Å²) in [5.41, 5.74) is 3.31. The van der Waals surface area contributed by atoms with Crippen molar-refractivity contribution in [2.75, 3.05) is 20.3 Å². The lowest BCUT2D eigenvalue weighted by atomic mass is 10.0. The number of nitrogens with one attached hydrogen (secondary N) is 1. The molecule has 0 saturated carbocycles. The third-order valence-electron chi connectivity index (χ3n) is 4.51. The number of carbonyl (C=O) groups excluding carboxylic acids is 1. The Morgan fingerprint density at radius 3 is 2.54 bits per heavy atom. The molecule has 1 amide bonds. The third kappa shape index (κ3) is 4.32. The van der Waals surface area contributed by atoms with E-state index < -0.39 is 6.04 Å². The molecule has 144 valence electrons. The fraction of sp³-hybridized carbons (Fsp3) is 0.238. The Morgan fingerprint density at radius 2 is 1.89 bits per heavy atom. The number of amides is 1. The van der Waals surface area contributed by atoms with Crippen molar-refractivity contribution in [1.29, 1.82) is 5.41 Å². The Bertz CT molecular complexity index is 892. The Morgan fingerprint density at radius 1 is 1.21 bits per heavy atom. The predicted octanol–water partition coefficient (Wildman–Crippen LogP) is 2.61. The Labute approximate surface area is 163 Å². The molecule has 7 nitrogen and oxygen atoms in total. The summed E-state index contributed by atoms with van der Waals surface area (Å²) in [4.78, 5) is 23.4. The molecule has 1 heterocycles. The maximum absolute atomic E-state index is 13.1. The van der Waals surface area contributed by atoms with E-state index in [9.17, 15) is 4.79 Å². The van der Waals surface area contributed by atoms with Gasteiger partial charge in [-0.1, -0.05) is 47.6 Å². The summed E-state index contributed by atoms with van der Waals surface area (Å²) in [6.07, 6.45) is 1.62. The molecule has 1 aliphatic rings. The van der Waals surface area contributed by atoms with Crippen molar-refractivity contribution in [3.8, 4) is 11.1 Å². The first-order valence-electron chi connectivity index (χ1n) is 8.91. The minimum absolute atomic E-state index is 0.00427. The number of aliphatic hydroxyl groups excluding tert-OH is 1. The van der Waals surface area contributed by atoms with Gasteiger partial charge in [0.1, 0.15) is 12.9 Å². The van der Waals surface area contributed by atoms with Gasteiger partial charge in [-0.15, -0.1) is 0 Å². The van der Waals surface area contributed by atoms with Crippen LogP contribution in [0.15, 0.2) is 64.7 Å². The van der Waals surface area contributed by atoms with Gasteiger partial charge in [0.15, 0.2) is 0 Å². The Balaban J connectivity index is 1.83. The molecule has 2 aromatic carbocycles. The van der Waals surface area contributed by atoms with Crippen LogP contribution in [0.2, 0.25) is 0 Å². The highest BCUT2D eigenvalue weighted by Crippen LogP contribution is 2.23. The van der Waals surface area contributed by atoms with E-state index in [2.05, 4.69) is 10.1 Å². The van der Waals surface area contributed by atoms with Crippen LogP contribution in [0.5, 0.6) is 0 Å². The molecule has 0 spiro atoms. The molecule has 0 aliphatic carbocycles. The van der Waals surface area contributed by atoms with E-state index in [1.165, 1.54) is 13.3 Å². The summed E-state index contributed by atoms with van der Waals surface area (Å²) in [6.45, 7) is 0.0117. The van der Waals surface area contributed by atoms with Gasteiger partial charge in [0.05, 0.1) is 24.9 Å². The first kappa shape index (κ1) is 19.4. The van der Waals surface area contributed by atoms with Crippen molar-refractivity contribution < 1.29 is 14.7 Å². The van der Waals surface area contributed by atoms with Crippen LogP contribution in [0.3, 0.4) is 0 Å². The monoisotopic (exact) mass is 378 g/mol. The topological polar surface area (TPSA) is 98.3 Å². The van der Waals surface area contributed by atoms with Gasteiger partial charge < -0.3 is 14.8 Å². The SMILES string of the molecule is CO/N=C1/CC(C(=N)N=CCO)N(C(=O)c2ccc(-c3ccccc3)cc2)C1. The molecule has 1 unspecified atom stereocenters. The van der Waals surface area contributed by atoms with Crippen molar-refractivity contribution in [1.82, 2.24) is 4.90 Å². The maximum atomic E-state index is 13.1. The molecule has 1 atom stereocenters. The number of hydrogen-bond acceptors (Lipinski definition) is 5. The summed E-state index contributed by atoms with van der Waals surface area (Å²) in [6, 6.07) is 16.8. The molecular formula is C21H22N4O3. The molecule has 3 rings (SSSR count). The number of oxime groups is 1. The second kappa shape index (κ2) is 9.05. The average molecular weight is 378 g/mol. The van der Waals surface area contributed by atoms with Crippen molar-refractivity contribution in [2.45, 2.75) is 12.5 Å². The predicted molar refractivity (Wildman–Crippen MR) is 109 cm³/mol. The van der Waals surface area contributed by atoms with E-state index >= 15 is 0 Å². The normalized spacial score (nSPS) is 18.0. The van der Waals surface area contributed by atoms with Gasteiger partial charge in [0.25, 0.3) is 5.91 Å². The lowest BCUT2D eigenvalue weighted by Gasteiger charge is -2.23. The van der Waals surface area contributed by atoms with Gasteiger partial charge in [0.2, 0.25) is 0 Å². The lowest BCUT2D eigenvalue weighted by Crippen LogP contribution is -2.39. The molecule has 2 aromatic rings. The van der Waals surface area contributed by atoms with Crippen LogP contribution < -0.4 is 0 Å². The molecule has 0 bridgehead atoms. The number of amidine groups is 1. The van der Waals surface area contributed by atoms with Gasteiger partial charge >= 0.3 is 0 Å². The van der Waals surface area contributed by atoms with E-state index in [1.54, 1.807) is 17.0 Å². The number of aliphatic hydroxyl groups is 1. The Kier molecular flexibility index (Phi) is 6.29. The largest absolute Gasteiger partial charge is 0.399 e. The fourth-order valence-electron chi connectivity index (χ4n) is 3.18. The smallest absolute Gasteiger partial charge is 0.254 e. The van der Waals surface area contributed by atoms with E-state index in [4.69, 9.17) is 15.4 Å². The van der Waals surface area contributed by atoms with Gasteiger partial charge in [0, 0.05) is 18.2 Å². The third-order valence-corrected chi connectivity index (χ3v) is 4.51. The van der Waals surface area contributed by atoms with Crippen LogP contribution in [0.25, 0.3) is 11.1 Å². The van der Waals surface area contributed by atoms with Gasteiger partial charge in [-0.3, -0.25) is 10.2 Å². The fourth-order valence-corrected chi connectivity index (χ4v) is 3.18. The summed E-state index contributed by atoms with van der Waals surface area (Å²) < 4.78 is 0. The van der Waals surface area contributed by atoms with Crippen molar-refractivity contribution in [2.24, 2.45) is 10.1 Å². The van der Waals surface area contributed by atoms with Crippen LogP contribution in [0.4, 0.5) is 0 Å². The van der Waals surface area contributed by atoms with E-state index in [0.29, 0.717) is 17.7 Å². The van der Waals surface area contributed by atoms with Crippen LogP contribution in [0, 0.1) is 5.41 Å². The zero-order valence-electron chi connectivity index (χ0n) is 15.6. The number of nitrogens with zero attached hydrogens (tertiary/aromatic N) is 3. The molecule has 28 heavy (non-hydrogen) atoms. The number of aliphatic imine (C=N–C) groups is 1. The molecule has 1 aliphatic heterocycles. The highest BCUT2D eigenvalue weighted by Gasteiger charge is 2.36. The van der Waals surface area contributed by atoms with Crippen molar-refractivity contribution in [3.05, 3.63) is 60.2 Å². The first-order chi connectivity index (χ1) is 13.6. The summed E-state index contributed by atoms with van der Waals surface area (Å²) in [5, 5.41) is 21.0. The van der Waals surface area contributed by atoms with E-state index in [1.807, 2.05) is 42.5 Å². The van der Waals surface area contributed by atoms with Crippen LogP contribution >= 0.6 is 0 Å². The molecule has 1 fully saturated rings. The van der Waals surface area contributed by atoms with Crippen LogP contribution in [-0.2, 0) is 4.84 Å². The molecule has 7 heteroatoms. The number of carbonyl (C=O) groups is 1. The van der Waals surface area contributed by atoms with Crippen LogP contribution in [-0.4, -0.2) is 60.0 Å². The molecule has 0 radical (unpaired) electrons. The van der Waals surface area contributed by atoms with E-state index in [-0.39, 0.29) is 24.9 Å². The first-order valence-corrected chi connectivity index (χ1v) is 8.91. The second-order valence-corrected chi connectivity index (χ2v) is 6.32. The van der Waals surface area contributed by atoms with Gasteiger partial charge in [-0.05, 0) is 23.3 Å².